The third kappa shape index (κ3) is 5.66. The average Bonchev–Trinajstić information content (AvgIpc) is 2.96. The van der Waals surface area contributed by atoms with Crippen molar-refractivity contribution in [2.75, 3.05) is 44.2 Å². The summed E-state index contributed by atoms with van der Waals surface area (Å²) in [7, 11) is -3.49. The molecule has 0 spiro atoms. The van der Waals surface area contributed by atoms with Gasteiger partial charge in [0.25, 0.3) is 0 Å². The number of aryl methyl sites for hydroxylation is 1. The first-order valence-corrected chi connectivity index (χ1v) is 15.3. The second-order valence-electron chi connectivity index (χ2n) is 10.3. The second kappa shape index (κ2) is 11.5. The standard InChI is InChI=1S/C29H39N5O2S/c1-3-4-10-24-13-15-25(16-14-24)37(35,36)34-21-19-32(20-22-34)23(2)28-30-27-12-7-6-11-26(27)29(31-28)33-17-8-5-9-18-33/h6-7,11-16,23H,3-5,8-10,17-22H2,1-2H3. The van der Waals surface area contributed by atoms with Crippen molar-refractivity contribution < 1.29 is 8.42 Å². The first-order valence-electron chi connectivity index (χ1n) is 13.8. The number of piperidine rings is 1. The maximum Gasteiger partial charge on any atom is 0.243 e. The van der Waals surface area contributed by atoms with Crippen molar-refractivity contribution in [1.29, 1.82) is 0 Å². The van der Waals surface area contributed by atoms with E-state index in [2.05, 4.69) is 41.8 Å². The number of hydrogen-bond donors (Lipinski definition) is 0. The SMILES string of the molecule is CCCCc1ccc(S(=O)(=O)N2CCN(C(C)c3nc(N4CCCCC4)c4ccccc4n3)CC2)cc1. The van der Waals surface area contributed by atoms with Gasteiger partial charge < -0.3 is 4.90 Å². The molecule has 2 aliphatic rings. The molecular weight excluding hydrogens is 482 g/mol. The summed E-state index contributed by atoms with van der Waals surface area (Å²) < 4.78 is 28.2. The zero-order valence-electron chi connectivity index (χ0n) is 22.1. The Morgan fingerprint density at radius 2 is 1.57 bits per heavy atom. The third-order valence-electron chi connectivity index (χ3n) is 7.83. The van der Waals surface area contributed by atoms with Crippen LogP contribution in [0.25, 0.3) is 10.9 Å². The zero-order valence-corrected chi connectivity index (χ0v) is 23.0. The molecule has 8 heteroatoms. The second-order valence-corrected chi connectivity index (χ2v) is 12.3. The summed E-state index contributed by atoms with van der Waals surface area (Å²) in [5.74, 6) is 1.86. The lowest BCUT2D eigenvalue weighted by molar-refractivity contribution is 0.141. The fourth-order valence-corrected chi connectivity index (χ4v) is 6.89. The van der Waals surface area contributed by atoms with Crippen molar-refractivity contribution >= 4 is 26.7 Å². The number of nitrogens with zero attached hydrogens (tertiary/aromatic N) is 5. The lowest BCUT2D eigenvalue weighted by Gasteiger charge is -2.37. The van der Waals surface area contributed by atoms with Gasteiger partial charge in [-0.15, -0.1) is 0 Å². The molecule has 37 heavy (non-hydrogen) atoms. The Morgan fingerprint density at radius 1 is 0.865 bits per heavy atom. The van der Waals surface area contributed by atoms with Crippen LogP contribution in [0.1, 0.15) is 63.4 Å². The molecular formula is C29H39N5O2S. The van der Waals surface area contributed by atoms with Crippen molar-refractivity contribution in [2.24, 2.45) is 0 Å². The number of anilines is 1. The van der Waals surface area contributed by atoms with E-state index in [1.165, 1.54) is 24.8 Å². The number of benzene rings is 2. The maximum absolute atomic E-state index is 13.3. The minimum Gasteiger partial charge on any atom is -0.356 e. The highest BCUT2D eigenvalue weighted by molar-refractivity contribution is 7.89. The van der Waals surface area contributed by atoms with Crippen molar-refractivity contribution in [3.05, 3.63) is 59.9 Å². The quantitative estimate of drug-likeness (QED) is 0.414. The van der Waals surface area contributed by atoms with E-state index in [1.54, 1.807) is 16.4 Å². The molecule has 0 amide bonds. The molecule has 7 nitrogen and oxygen atoms in total. The molecule has 1 unspecified atom stereocenters. The van der Waals surface area contributed by atoms with Crippen LogP contribution in [0, 0.1) is 0 Å². The van der Waals surface area contributed by atoms with E-state index in [0.717, 1.165) is 54.9 Å². The van der Waals surface area contributed by atoms with Gasteiger partial charge in [-0.05, 0) is 68.9 Å². The summed E-state index contributed by atoms with van der Waals surface area (Å²) in [6, 6.07) is 15.7. The highest BCUT2D eigenvalue weighted by Crippen LogP contribution is 2.30. The Bertz CT molecular complexity index is 1300. The van der Waals surface area contributed by atoms with Crippen LogP contribution >= 0.6 is 0 Å². The Balaban J connectivity index is 1.29. The van der Waals surface area contributed by atoms with Gasteiger partial charge in [-0.3, -0.25) is 4.90 Å². The number of para-hydroxylation sites is 1. The van der Waals surface area contributed by atoms with Crippen LogP contribution in [0.5, 0.6) is 0 Å². The molecule has 2 aromatic carbocycles. The summed E-state index contributed by atoms with van der Waals surface area (Å²) in [4.78, 5) is 15.1. The summed E-state index contributed by atoms with van der Waals surface area (Å²) >= 11 is 0. The predicted molar refractivity (Wildman–Crippen MR) is 149 cm³/mol. The molecule has 3 aromatic rings. The van der Waals surface area contributed by atoms with Crippen molar-refractivity contribution in [2.45, 2.75) is 63.3 Å². The van der Waals surface area contributed by atoms with Gasteiger partial charge in [-0.25, -0.2) is 18.4 Å². The molecule has 0 saturated carbocycles. The van der Waals surface area contributed by atoms with E-state index in [1.807, 2.05) is 18.2 Å². The molecule has 1 atom stereocenters. The molecule has 2 fully saturated rings. The number of fused-ring (bicyclic) bond motifs is 1. The van der Waals surface area contributed by atoms with Crippen LogP contribution < -0.4 is 4.90 Å². The first-order chi connectivity index (χ1) is 18.0. The number of hydrogen-bond acceptors (Lipinski definition) is 6. The lowest BCUT2D eigenvalue weighted by atomic mass is 10.1. The Morgan fingerprint density at radius 3 is 2.27 bits per heavy atom. The van der Waals surface area contributed by atoms with Crippen LogP contribution in [-0.2, 0) is 16.4 Å². The van der Waals surface area contributed by atoms with Crippen LogP contribution in [0.4, 0.5) is 5.82 Å². The third-order valence-corrected chi connectivity index (χ3v) is 9.74. The number of aromatic nitrogens is 2. The van der Waals surface area contributed by atoms with E-state index in [4.69, 9.17) is 9.97 Å². The molecule has 0 radical (unpaired) electrons. The minimum absolute atomic E-state index is 0.0100. The number of sulfonamides is 1. The largest absolute Gasteiger partial charge is 0.356 e. The van der Waals surface area contributed by atoms with Gasteiger partial charge >= 0.3 is 0 Å². The van der Waals surface area contributed by atoms with Crippen LogP contribution in [0.3, 0.4) is 0 Å². The molecule has 2 saturated heterocycles. The molecule has 0 bridgehead atoms. The van der Waals surface area contributed by atoms with Crippen molar-refractivity contribution in [1.82, 2.24) is 19.2 Å². The number of piperazine rings is 1. The summed E-state index contributed by atoms with van der Waals surface area (Å²) in [5.41, 5.74) is 2.17. The minimum atomic E-state index is -3.49. The fraction of sp³-hybridized carbons (Fsp3) is 0.517. The highest BCUT2D eigenvalue weighted by atomic mass is 32.2. The van der Waals surface area contributed by atoms with E-state index in [-0.39, 0.29) is 6.04 Å². The van der Waals surface area contributed by atoms with E-state index >= 15 is 0 Å². The zero-order chi connectivity index (χ0) is 25.8. The normalized spacial score (nSPS) is 18.8. The van der Waals surface area contributed by atoms with Crippen LogP contribution in [0.15, 0.2) is 53.4 Å². The average molecular weight is 522 g/mol. The molecule has 1 aromatic heterocycles. The molecule has 2 aliphatic heterocycles. The van der Waals surface area contributed by atoms with Gasteiger partial charge in [-0.2, -0.15) is 4.31 Å². The van der Waals surface area contributed by atoms with Crippen molar-refractivity contribution in [3.63, 3.8) is 0 Å². The number of unbranched alkanes of at least 4 members (excludes halogenated alkanes) is 1. The summed E-state index contributed by atoms with van der Waals surface area (Å²) in [6.45, 7) is 8.63. The predicted octanol–water partition coefficient (Wildman–Crippen LogP) is 5.03. The number of rotatable bonds is 8. The monoisotopic (exact) mass is 521 g/mol. The molecule has 198 valence electrons. The highest BCUT2D eigenvalue weighted by Gasteiger charge is 2.31. The fourth-order valence-electron chi connectivity index (χ4n) is 5.46. The van der Waals surface area contributed by atoms with E-state index < -0.39 is 10.0 Å². The van der Waals surface area contributed by atoms with E-state index in [9.17, 15) is 8.42 Å². The van der Waals surface area contributed by atoms with Crippen molar-refractivity contribution in [3.8, 4) is 0 Å². The molecule has 0 N–H and O–H groups in total. The topological polar surface area (TPSA) is 69.6 Å². The van der Waals surface area contributed by atoms with Gasteiger partial charge in [0.15, 0.2) is 0 Å². The lowest BCUT2D eigenvalue weighted by Crippen LogP contribution is -2.49. The summed E-state index contributed by atoms with van der Waals surface area (Å²) in [6.07, 6.45) is 6.91. The first kappa shape index (κ1) is 26.1. The molecule has 0 aliphatic carbocycles. The van der Waals surface area contributed by atoms with Crippen LogP contribution in [-0.4, -0.2) is 66.9 Å². The van der Waals surface area contributed by atoms with Gasteiger partial charge in [-0.1, -0.05) is 37.6 Å². The van der Waals surface area contributed by atoms with Gasteiger partial charge in [0.05, 0.1) is 16.5 Å². The Kier molecular flexibility index (Phi) is 8.07. The summed E-state index contributed by atoms with van der Waals surface area (Å²) in [5, 5.41) is 1.11. The van der Waals surface area contributed by atoms with Gasteiger partial charge in [0.2, 0.25) is 10.0 Å². The van der Waals surface area contributed by atoms with E-state index in [0.29, 0.717) is 31.1 Å². The Labute approximate surface area is 221 Å². The molecule has 5 rings (SSSR count). The van der Waals surface area contributed by atoms with Gasteiger partial charge in [0, 0.05) is 44.7 Å². The maximum atomic E-state index is 13.3. The smallest absolute Gasteiger partial charge is 0.243 e. The molecule has 3 heterocycles. The van der Waals surface area contributed by atoms with Gasteiger partial charge in [0.1, 0.15) is 11.6 Å². The Hall–Kier alpha value is -2.55. The van der Waals surface area contributed by atoms with Crippen LogP contribution in [0.2, 0.25) is 0 Å².